The highest BCUT2D eigenvalue weighted by Gasteiger charge is 2.30. The number of nitrogens with one attached hydrogen (secondary N) is 2. The van der Waals surface area contributed by atoms with Gasteiger partial charge in [-0.15, -0.1) is 0 Å². The molecule has 9 nitrogen and oxygen atoms in total. The summed E-state index contributed by atoms with van der Waals surface area (Å²) in [6.45, 7) is 4.76. The maximum absolute atomic E-state index is 13.7. The summed E-state index contributed by atoms with van der Waals surface area (Å²) in [5.41, 5.74) is 7.02. The quantitative estimate of drug-likeness (QED) is 0.241. The predicted octanol–water partition coefficient (Wildman–Crippen LogP) is 3.61. The van der Waals surface area contributed by atoms with Crippen LogP contribution in [0.1, 0.15) is 43.2 Å². The molecule has 2 aromatic rings. The van der Waals surface area contributed by atoms with Gasteiger partial charge in [0.2, 0.25) is 21.8 Å². The lowest BCUT2D eigenvalue weighted by Gasteiger charge is -2.28. The van der Waals surface area contributed by atoms with Crippen LogP contribution in [0.4, 0.5) is 0 Å². The standard InChI is InChI=1S/C30H43Cl2N5O4S/c1-23-26(31)9-10-27(30(23)32)42(40,41)37(20-14-24-7-3-2-4-8-24)22-28(38)35-21-29(39)36(18-6-5-15-33)19-13-25-11-16-34-17-12-25/h2-4,7-10,25,34H,5-6,11-22,33H2,1H3,(H,35,38). The number of amides is 2. The van der Waals surface area contributed by atoms with Crippen molar-refractivity contribution in [1.29, 1.82) is 0 Å². The van der Waals surface area contributed by atoms with E-state index >= 15 is 0 Å². The molecule has 0 aliphatic carbocycles. The molecule has 1 aliphatic rings. The Hall–Kier alpha value is -2.21. The topological polar surface area (TPSA) is 125 Å². The number of benzene rings is 2. The van der Waals surface area contributed by atoms with E-state index in [-0.39, 0.29) is 28.9 Å². The van der Waals surface area contributed by atoms with Crippen LogP contribution in [0, 0.1) is 12.8 Å². The lowest BCUT2D eigenvalue weighted by molar-refractivity contribution is -0.133. The fourth-order valence-electron chi connectivity index (χ4n) is 4.98. The summed E-state index contributed by atoms with van der Waals surface area (Å²) >= 11 is 12.5. The highest BCUT2D eigenvalue weighted by atomic mass is 35.5. The Morgan fingerprint density at radius 2 is 1.74 bits per heavy atom. The average Bonchev–Trinajstić information content (AvgIpc) is 2.99. The molecule has 42 heavy (non-hydrogen) atoms. The van der Waals surface area contributed by atoms with E-state index in [9.17, 15) is 18.0 Å². The Morgan fingerprint density at radius 3 is 2.43 bits per heavy atom. The van der Waals surface area contributed by atoms with Gasteiger partial charge in [0.1, 0.15) is 4.90 Å². The van der Waals surface area contributed by atoms with Gasteiger partial charge in [-0.2, -0.15) is 4.31 Å². The molecule has 0 atom stereocenters. The Morgan fingerprint density at radius 1 is 1.02 bits per heavy atom. The molecule has 4 N–H and O–H groups in total. The molecular weight excluding hydrogens is 597 g/mol. The minimum absolute atomic E-state index is 0.0182. The van der Waals surface area contributed by atoms with Crippen LogP contribution in [0.2, 0.25) is 10.0 Å². The summed E-state index contributed by atoms with van der Waals surface area (Å²) in [7, 11) is -4.16. The van der Waals surface area contributed by atoms with Gasteiger partial charge in [-0.3, -0.25) is 9.59 Å². The van der Waals surface area contributed by atoms with E-state index < -0.39 is 22.5 Å². The summed E-state index contributed by atoms with van der Waals surface area (Å²) in [4.78, 5) is 27.9. The van der Waals surface area contributed by atoms with Gasteiger partial charge in [-0.05, 0) is 94.3 Å². The lowest BCUT2D eigenvalue weighted by Crippen LogP contribution is -2.46. The first kappa shape index (κ1) is 34.3. The van der Waals surface area contributed by atoms with E-state index in [1.54, 1.807) is 11.8 Å². The largest absolute Gasteiger partial charge is 0.346 e. The van der Waals surface area contributed by atoms with Gasteiger partial charge in [-0.1, -0.05) is 53.5 Å². The van der Waals surface area contributed by atoms with Crippen LogP contribution in [0.5, 0.6) is 0 Å². The molecule has 0 bridgehead atoms. The minimum atomic E-state index is -4.16. The number of rotatable bonds is 16. The summed E-state index contributed by atoms with van der Waals surface area (Å²) < 4.78 is 28.6. The normalized spacial score (nSPS) is 14.2. The Balaban J connectivity index is 1.68. The van der Waals surface area contributed by atoms with Crippen molar-refractivity contribution in [3.8, 4) is 0 Å². The Kier molecular flexibility index (Phi) is 14.0. The summed E-state index contributed by atoms with van der Waals surface area (Å²) in [5, 5.41) is 6.38. The zero-order valence-corrected chi connectivity index (χ0v) is 26.6. The number of halogens is 2. The first-order valence-electron chi connectivity index (χ1n) is 14.6. The van der Waals surface area contributed by atoms with Crippen molar-refractivity contribution in [2.75, 3.05) is 52.4 Å². The molecule has 0 spiro atoms. The van der Waals surface area contributed by atoms with Crippen molar-refractivity contribution in [1.82, 2.24) is 19.8 Å². The second kappa shape index (κ2) is 17.2. The number of unbranched alkanes of at least 4 members (excludes halogenated alkanes) is 1. The molecule has 0 aromatic heterocycles. The first-order chi connectivity index (χ1) is 20.1. The van der Waals surface area contributed by atoms with E-state index in [1.807, 2.05) is 30.3 Å². The van der Waals surface area contributed by atoms with Gasteiger partial charge in [0.15, 0.2) is 0 Å². The fraction of sp³-hybridized carbons (Fsp3) is 0.533. The van der Waals surface area contributed by atoms with Crippen molar-refractivity contribution in [2.45, 2.75) is 50.3 Å². The summed E-state index contributed by atoms with van der Waals surface area (Å²) in [6, 6.07) is 12.2. The molecule has 2 amide bonds. The minimum Gasteiger partial charge on any atom is -0.346 e. The maximum atomic E-state index is 13.7. The van der Waals surface area contributed by atoms with Crippen molar-refractivity contribution >= 4 is 45.0 Å². The predicted molar refractivity (Wildman–Crippen MR) is 168 cm³/mol. The van der Waals surface area contributed by atoms with Gasteiger partial charge in [0, 0.05) is 24.7 Å². The average molecular weight is 641 g/mol. The Labute approximate surface area is 260 Å². The number of piperidine rings is 1. The number of carbonyl (C=O) groups is 2. The third-order valence-electron chi connectivity index (χ3n) is 7.65. The van der Waals surface area contributed by atoms with Crippen molar-refractivity contribution < 1.29 is 18.0 Å². The second-order valence-corrected chi connectivity index (χ2v) is 13.4. The van der Waals surface area contributed by atoms with Crippen LogP contribution in [0.15, 0.2) is 47.4 Å². The summed E-state index contributed by atoms with van der Waals surface area (Å²) in [6.07, 6.45) is 5.08. The van der Waals surface area contributed by atoms with Crippen LogP contribution in [0.25, 0.3) is 0 Å². The van der Waals surface area contributed by atoms with E-state index in [0.717, 1.165) is 55.1 Å². The molecular formula is C30H43Cl2N5O4S. The van der Waals surface area contributed by atoms with Crippen molar-refractivity contribution in [2.24, 2.45) is 11.7 Å². The molecule has 1 heterocycles. The van der Waals surface area contributed by atoms with Gasteiger partial charge in [0.25, 0.3) is 0 Å². The fourth-order valence-corrected chi connectivity index (χ4v) is 7.16. The van der Waals surface area contributed by atoms with Gasteiger partial charge < -0.3 is 21.3 Å². The lowest BCUT2D eigenvalue weighted by atomic mass is 9.94. The number of carbonyl (C=O) groups excluding carboxylic acids is 2. The van der Waals surface area contributed by atoms with Gasteiger partial charge >= 0.3 is 0 Å². The maximum Gasteiger partial charge on any atom is 0.245 e. The first-order valence-corrected chi connectivity index (χ1v) is 16.8. The van der Waals surface area contributed by atoms with Crippen LogP contribution in [0.3, 0.4) is 0 Å². The van der Waals surface area contributed by atoms with E-state index in [4.69, 9.17) is 28.9 Å². The third kappa shape index (κ3) is 10.2. The highest BCUT2D eigenvalue weighted by Crippen LogP contribution is 2.32. The molecule has 2 aromatic carbocycles. The van der Waals surface area contributed by atoms with Crippen LogP contribution in [-0.4, -0.2) is 81.8 Å². The van der Waals surface area contributed by atoms with Crippen molar-refractivity contribution in [3.63, 3.8) is 0 Å². The SMILES string of the molecule is Cc1c(Cl)ccc(S(=O)(=O)N(CCc2ccccc2)CC(=O)NCC(=O)N(CCCCN)CCC2CCNCC2)c1Cl. The molecule has 0 saturated carbocycles. The van der Waals surface area contributed by atoms with Crippen LogP contribution in [-0.2, 0) is 26.0 Å². The molecule has 3 rings (SSSR count). The number of hydrogen-bond donors (Lipinski definition) is 3. The van der Waals surface area contributed by atoms with E-state index in [1.165, 1.54) is 12.1 Å². The zero-order valence-electron chi connectivity index (χ0n) is 24.3. The molecule has 1 fully saturated rings. The monoisotopic (exact) mass is 639 g/mol. The Bertz CT molecular complexity index is 1270. The van der Waals surface area contributed by atoms with Crippen LogP contribution < -0.4 is 16.4 Å². The molecule has 12 heteroatoms. The number of hydrogen-bond acceptors (Lipinski definition) is 6. The van der Waals surface area contributed by atoms with E-state index in [0.29, 0.717) is 42.6 Å². The third-order valence-corrected chi connectivity index (χ3v) is 10.5. The number of sulfonamides is 1. The molecule has 1 aliphatic heterocycles. The molecule has 0 unspecified atom stereocenters. The molecule has 0 radical (unpaired) electrons. The van der Waals surface area contributed by atoms with Gasteiger partial charge in [-0.25, -0.2) is 8.42 Å². The number of nitrogens with two attached hydrogens (primary N) is 1. The van der Waals surface area contributed by atoms with Gasteiger partial charge in [0.05, 0.1) is 18.1 Å². The summed E-state index contributed by atoms with van der Waals surface area (Å²) in [5.74, 6) is -0.191. The molecule has 1 saturated heterocycles. The van der Waals surface area contributed by atoms with Crippen molar-refractivity contribution in [3.05, 3.63) is 63.6 Å². The highest BCUT2D eigenvalue weighted by molar-refractivity contribution is 7.89. The number of nitrogens with zero attached hydrogens (tertiary/aromatic N) is 2. The smallest absolute Gasteiger partial charge is 0.245 e. The molecule has 232 valence electrons. The van der Waals surface area contributed by atoms with Crippen LogP contribution >= 0.6 is 23.2 Å². The second-order valence-electron chi connectivity index (χ2n) is 10.7. The zero-order chi connectivity index (χ0) is 30.5. The van der Waals surface area contributed by atoms with E-state index in [2.05, 4.69) is 10.6 Å².